The Balaban J connectivity index is 1.43. The zero-order valence-corrected chi connectivity index (χ0v) is 16.9. The number of H-pyrrole nitrogens is 1. The van der Waals surface area contributed by atoms with Gasteiger partial charge in [0.05, 0.1) is 0 Å². The van der Waals surface area contributed by atoms with Crippen molar-refractivity contribution in [3.05, 3.63) is 53.0 Å². The molecule has 3 aromatic rings. The molecule has 0 atom stereocenters. The second-order valence-electron chi connectivity index (χ2n) is 8.29. The van der Waals surface area contributed by atoms with E-state index in [-0.39, 0.29) is 5.91 Å². The van der Waals surface area contributed by atoms with E-state index in [9.17, 15) is 4.79 Å². The highest BCUT2D eigenvalue weighted by atomic mass is 16.1. The van der Waals surface area contributed by atoms with Crippen LogP contribution in [0, 0.1) is 5.92 Å². The minimum atomic E-state index is -0.0528. The third-order valence-corrected chi connectivity index (χ3v) is 5.77. The molecular formula is C23H30N4O. The van der Waals surface area contributed by atoms with Crippen LogP contribution >= 0.6 is 0 Å². The number of rotatable bonds is 7. The van der Waals surface area contributed by atoms with Gasteiger partial charge in [-0.1, -0.05) is 32.0 Å². The summed E-state index contributed by atoms with van der Waals surface area (Å²) in [7, 11) is 0. The van der Waals surface area contributed by atoms with Crippen molar-refractivity contribution in [2.45, 2.75) is 58.9 Å². The molecule has 1 aliphatic carbocycles. The SMILES string of the molecule is CC(C)CCn1cc(CCNC(=O)c2n[nH]c3c2CCCC3)c2ccccc21. The van der Waals surface area contributed by atoms with Crippen molar-refractivity contribution < 1.29 is 4.79 Å². The molecule has 0 unspecified atom stereocenters. The second-order valence-corrected chi connectivity index (χ2v) is 8.29. The number of carbonyl (C=O) groups is 1. The number of aryl methyl sites for hydroxylation is 2. The molecular weight excluding hydrogens is 348 g/mol. The normalized spacial score (nSPS) is 13.8. The number of hydrogen-bond acceptors (Lipinski definition) is 2. The molecule has 1 aliphatic rings. The van der Waals surface area contributed by atoms with Crippen LogP contribution in [0.4, 0.5) is 0 Å². The minimum absolute atomic E-state index is 0.0528. The smallest absolute Gasteiger partial charge is 0.272 e. The summed E-state index contributed by atoms with van der Waals surface area (Å²) in [5.74, 6) is 0.631. The Morgan fingerprint density at radius 1 is 1.25 bits per heavy atom. The molecule has 0 saturated heterocycles. The summed E-state index contributed by atoms with van der Waals surface area (Å²) >= 11 is 0. The lowest BCUT2D eigenvalue weighted by Crippen LogP contribution is -2.27. The summed E-state index contributed by atoms with van der Waals surface area (Å²) in [6, 6.07) is 8.56. The zero-order valence-electron chi connectivity index (χ0n) is 16.9. The maximum Gasteiger partial charge on any atom is 0.272 e. The fraction of sp³-hybridized carbons (Fsp3) is 0.478. The Kier molecular flexibility index (Phi) is 5.51. The highest BCUT2D eigenvalue weighted by Crippen LogP contribution is 2.24. The van der Waals surface area contributed by atoms with Crippen molar-refractivity contribution in [2.24, 2.45) is 5.92 Å². The lowest BCUT2D eigenvalue weighted by Gasteiger charge is -2.11. The van der Waals surface area contributed by atoms with Gasteiger partial charge < -0.3 is 9.88 Å². The first-order valence-electron chi connectivity index (χ1n) is 10.5. The van der Waals surface area contributed by atoms with Gasteiger partial charge in [0, 0.05) is 41.4 Å². The fourth-order valence-corrected chi connectivity index (χ4v) is 4.17. The van der Waals surface area contributed by atoms with Crippen LogP contribution < -0.4 is 5.32 Å². The van der Waals surface area contributed by atoms with E-state index in [1.165, 1.54) is 29.3 Å². The summed E-state index contributed by atoms with van der Waals surface area (Å²) in [5, 5.41) is 11.7. The molecule has 0 aliphatic heterocycles. The van der Waals surface area contributed by atoms with E-state index in [4.69, 9.17) is 0 Å². The van der Waals surface area contributed by atoms with Crippen LogP contribution in [0.2, 0.25) is 0 Å². The third kappa shape index (κ3) is 3.84. The molecule has 0 fully saturated rings. The van der Waals surface area contributed by atoms with E-state index in [2.05, 4.69) is 64.4 Å². The van der Waals surface area contributed by atoms with Gasteiger partial charge in [0.15, 0.2) is 5.69 Å². The number of benzene rings is 1. The molecule has 2 heterocycles. The maximum atomic E-state index is 12.6. The number of amides is 1. The predicted molar refractivity (Wildman–Crippen MR) is 113 cm³/mol. The molecule has 2 N–H and O–H groups in total. The fourth-order valence-electron chi connectivity index (χ4n) is 4.17. The lowest BCUT2D eigenvalue weighted by molar-refractivity contribution is 0.0948. The van der Waals surface area contributed by atoms with Gasteiger partial charge in [0.2, 0.25) is 0 Å². The van der Waals surface area contributed by atoms with E-state index in [1.54, 1.807) is 0 Å². The van der Waals surface area contributed by atoms with Crippen LogP contribution in [0.3, 0.4) is 0 Å². The molecule has 1 aromatic carbocycles. The number of para-hydroxylation sites is 1. The van der Waals surface area contributed by atoms with E-state index in [0.29, 0.717) is 18.2 Å². The van der Waals surface area contributed by atoms with Crippen LogP contribution in [0.5, 0.6) is 0 Å². The van der Waals surface area contributed by atoms with Crippen LogP contribution in [0.15, 0.2) is 30.5 Å². The summed E-state index contributed by atoms with van der Waals surface area (Å²) in [6.45, 7) is 6.18. The van der Waals surface area contributed by atoms with Crippen molar-refractivity contribution in [1.29, 1.82) is 0 Å². The Bertz CT molecular complexity index is 966. The van der Waals surface area contributed by atoms with Crippen molar-refractivity contribution in [1.82, 2.24) is 20.1 Å². The summed E-state index contributed by atoms with van der Waals surface area (Å²) in [5.41, 5.74) is 5.43. The second kappa shape index (κ2) is 8.21. The molecule has 2 aromatic heterocycles. The van der Waals surface area contributed by atoms with E-state index in [1.807, 2.05) is 0 Å². The molecule has 5 nitrogen and oxygen atoms in total. The van der Waals surface area contributed by atoms with Crippen molar-refractivity contribution >= 4 is 16.8 Å². The van der Waals surface area contributed by atoms with Gasteiger partial charge in [0.1, 0.15) is 0 Å². The molecule has 148 valence electrons. The first-order valence-corrected chi connectivity index (χ1v) is 10.5. The van der Waals surface area contributed by atoms with Crippen molar-refractivity contribution in [3.63, 3.8) is 0 Å². The quantitative estimate of drug-likeness (QED) is 0.645. The number of aromatic amines is 1. The Hall–Kier alpha value is -2.56. The number of nitrogens with zero attached hydrogens (tertiary/aromatic N) is 2. The lowest BCUT2D eigenvalue weighted by atomic mass is 9.96. The molecule has 0 spiro atoms. The van der Waals surface area contributed by atoms with Crippen LogP contribution in [0.25, 0.3) is 10.9 Å². The molecule has 28 heavy (non-hydrogen) atoms. The summed E-state index contributed by atoms with van der Waals surface area (Å²) in [4.78, 5) is 12.6. The van der Waals surface area contributed by atoms with Gasteiger partial charge in [-0.3, -0.25) is 9.89 Å². The molecule has 5 heteroatoms. The monoisotopic (exact) mass is 378 g/mol. The predicted octanol–water partition coefficient (Wildman–Crippen LogP) is 4.26. The van der Waals surface area contributed by atoms with E-state index >= 15 is 0 Å². The topological polar surface area (TPSA) is 62.7 Å². The molecule has 0 bridgehead atoms. The van der Waals surface area contributed by atoms with Crippen LogP contribution in [-0.2, 0) is 25.8 Å². The number of nitrogens with one attached hydrogen (secondary N) is 2. The van der Waals surface area contributed by atoms with Crippen molar-refractivity contribution in [3.8, 4) is 0 Å². The Labute approximate surface area is 166 Å². The standard InChI is InChI=1S/C23H30N4O/c1-16(2)12-14-27-15-17(18-7-4-6-10-21(18)27)11-13-24-23(28)22-19-8-3-5-9-20(19)25-26-22/h4,6-7,10,15-16H,3,5,8-9,11-14H2,1-2H3,(H,24,28)(H,25,26). The van der Waals surface area contributed by atoms with Crippen LogP contribution in [0.1, 0.15) is 60.4 Å². The highest BCUT2D eigenvalue weighted by Gasteiger charge is 2.21. The van der Waals surface area contributed by atoms with E-state index in [0.717, 1.165) is 43.5 Å². The van der Waals surface area contributed by atoms with Gasteiger partial charge in [-0.05, 0) is 56.1 Å². The van der Waals surface area contributed by atoms with Gasteiger partial charge in [0.25, 0.3) is 5.91 Å². The molecule has 0 radical (unpaired) electrons. The molecule has 1 amide bonds. The summed E-state index contributed by atoms with van der Waals surface area (Å²) in [6.07, 6.45) is 8.53. The average Bonchev–Trinajstić information content (AvgIpc) is 3.28. The number of carbonyl (C=O) groups excluding carboxylic acids is 1. The Morgan fingerprint density at radius 3 is 2.93 bits per heavy atom. The third-order valence-electron chi connectivity index (χ3n) is 5.77. The first-order chi connectivity index (χ1) is 13.6. The number of fused-ring (bicyclic) bond motifs is 2. The van der Waals surface area contributed by atoms with Crippen LogP contribution in [-0.4, -0.2) is 27.2 Å². The van der Waals surface area contributed by atoms with E-state index < -0.39 is 0 Å². The van der Waals surface area contributed by atoms with Gasteiger partial charge in [-0.25, -0.2) is 0 Å². The average molecular weight is 379 g/mol. The number of hydrogen-bond donors (Lipinski definition) is 2. The minimum Gasteiger partial charge on any atom is -0.350 e. The van der Waals surface area contributed by atoms with Gasteiger partial charge in [-0.2, -0.15) is 5.10 Å². The molecule has 4 rings (SSSR count). The van der Waals surface area contributed by atoms with Crippen molar-refractivity contribution in [2.75, 3.05) is 6.54 Å². The van der Waals surface area contributed by atoms with Gasteiger partial charge >= 0.3 is 0 Å². The zero-order chi connectivity index (χ0) is 19.5. The van der Waals surface area contributed by atoms with Gasteiger partial charge in [-0.15, -0.1) is 0 Å². The Morgan fingerprint density at radius 2 is 2.07 bits per heavy atom. The highest BCUT2D eigenvalue weighted by molar-refractivity contribution is 5.94. The largest absolute Gasteiger partial charge is 0.350 e. The summed E-state index contributed by atoms with van der Waals surface area (Å²) < 4.78 is 2.36. The maximum absolute atomic E-state index is 12.6. The molecule has 0 saturated carbocycles. The first kappa shape index (κ1) is 18.8. The number of aromatic nitrogens is 3.